The van der Waals surface area contributed by atoms with Crippen molar-refractivity contribution in [2.45, 2.75) is 32.4 Å². The predicted octanol–water partition coefficient (Wildman–Crippen LogP) is 2.97. The summed E-state index contributed by atoms with van der Waals surface area (Å²) in [7, 11) is 0. The van der Waals surface area contributed by atoms with E-state index in [2.05, 4.69) is 15.3 Å². The molecule has 1 aliphatic rings. The third kappa shape index (κ3) is 3.30. The quantitative estimate of drug-likeness (QED) is 0.909. The first-order valence-electron chi connectivity index (χ1n) is 6.69. The Bertz CT molecular complexity index is 614. The van der Waals surface area contributed by atoms with Crippen molar-refractivity contribution < 1.29 is 9.13 Å². The van der Waals surface area contributed by atoms with Gasteiger partial charge < -0.3 is 10.1 Å². The van der Waals surface area contributed by atoms with Crippen LogP contribution in [0.25, 0.3) is 0 Å². The van der Waals surface area contributed by atoms with Crippen LogP contribution >= 0.6 is 0 Å². The van der Waals surface area contributed by atoms with Gasteiger partial charge in [-0.05, 0) is 43.5 Å². The van der Waals surface area contributed by atoms with Crippen LogP contribution in [0.1, 0.15) is 24.1 Å². The van der Waals surface area contributed by atoms with Crippen molar-refractivity contribution in [1.82, 2.24) is 15.3 Å². The summed E-state index contributed by atoms with van der Waals surface area (Å²) in [5.74, 6) is 0.738. The summed E-state index contributed by atoms with van der Waals surface area (Å²) in [6.45, 7) is 2.39. The van der Waals surface area contributed by atoms with Crippen molar-refractivity contribution in [3.05, 3.63) is 47.7 Å². The number of hydrogen-bond donors (Lipinski definition) is 1. The second-order valence-electron chi connectivity index (χ2n) is 5.02. The first-order valence-corrected chi connectivity index (χ1v) is 6.69. The Morgan fingerprint density at radius 3 is 2.95 bits per heavy atom. The second-order valence-corrected chi connectivity index (χ2v) is 5.02. The van der Waals surface area contributed by atoms with Crippen LogP contribution in [0.2, 0.25) is 0 Å². The van der Waals surface area contributed by atoms with Crippen molar-refractivity contribution in [3.63, 3.8) is 0 Å². The molecule has 104 valence electrons. The lowest BCUT2D eigenvalue weighted by atomic mass is 10.2. The molecule has 0 amide bonds. The van der Waals surface area contributed by atoms with Gasteiger partial charge in [0.1, 0.15) is 11.6 Å². The zero-order valence-corrected chi connectivity index (χ0v) is 11.3. The van der Waals surface area contributed by atoms with Gasteiger partial charge in [-0.1, -0.05) is 0 Å². The van der Waals surface area contributed by atoms with E-state index in [9.17, 15) is 4.39 Å². The molecule has 0 spiro atoms. The van der Waals surface area contributed by atoms with E-state index < -0.39 is 0 Å². The molecule has 0 bridgehead atoms. The fraction of sp³-hybridized carbons (Fsp3) is 0.333. The summed E-state index contributed by atoms with van der Waals surface area (Å²) < 4.78 is 18.8. The molecule has 20 heavy (non-hydrogen) atoms. The van der Waals surface area contributed by atoms with Crippen LogP contribution in [-0.4, -0.2) is 16.0 Å². The molecular weight excluding hydrogens is 257 g/mol. The fourth-order valence-electron chi connectivity index (χ4n) is 1.86. The molecule has 4 nitrogen and oxygen atoms in total. The Kier molecular flexibility index (Phi) is 3.60. The largest absolute Gasteiger partial charge is 0.437 e. The summed E-state index contributed by atoms with van der Waals surface area (Å²) >= 11 is 0. The second kappa shape index (κ2) is 5.54. The highest BCUT2D eigenvalue weighted by Crippen LogP contribution is 2.22. The average Bonchev–Trinajstić information content (AvgIpc) is 3.25. The van der Waals surface area contributed by atoms with E-state index in [4.69, 9.17) is 4.74 Å². The molecule has 2 aromatic rings. The Labute approximate surface area is 117 Å². The maximum absolute atomic E-state index is 13.2. The van der Waals surface area contributed by atoms with Crippen LogP contribution in [0.15, 0.2) is 30.6 Å². The Hall–Kier alpha value is -2.01. The summed E-state index contributed by atoms with van der Waals surface area (Å²) in [5.41, 5.74) is 1.38. The highest BCUT2D eigenvalue weighted by Gasteiger charge is 2.20. The third-order valence-electron chi connectivity index (χ3n) is 3.16. The molecular formula is C15H16FN3O. The van der Waals surface area contributed by atoms with Gasteiger partial charge in [0.15, 0.2) is 0 Å². The van der Waals surface area contributed by atoms with Crippen molar-refractivity contribution >= 4 is 0 Å². The van der Waals surface area contributed by atoms with Crippen LogP contribution < -0.4 is 10.1 Å². The number of aromatic nitrogens is 2. The number of nitrogens with zero attached hydrogens (tertiary/aromatic N) is 2. The molecule has 1 aromatic carbocycles. The maximum atomic E-state index is 13.2. The lowest BCUT2D eigenvalue weighted by Gasteiger charge is -2.07. The predicted molar refractivity (Wildman–Crippen MR) is 73.1 cm³/mol. The average molecular weight is 273 g/mol. The molecule has 0 radical (unpaired) electrons. The smallest absolute Gasteiger partial charge is 0.238 e. The van der Waals surface area contributed by atoms with Gasteiger partial charge in [-0.3, -0.25) is 4.98 Å². The van der Waals surface area contributed by atoms with E-state index in [1.807, 2.05) is 0 Å². The molecule has 1 N–H and O–H groups in total. The minimum absolute atomic E-state index is 0.245. The number of halogens is 1. The Morgan fingerprint density at radius 1 is 1.35 bits per heavy atom. The first kappa shape index (κ1) is 13.0. The van der Waals surface area contributed by atoms with Crippen molar-refractivity contribution in [3.8, 4) is 11.6 Å². The van der Waals surface area contributed by atoms with E-state index in [0.717, 1.165) is 5.69 Å². The molecule has 1 aromatic heterocycles. The normalized spacial score (nSPS) is 14.3. The molecule has 1 fully saturated rings. The lowest BCUT2D eigenvalue weighted by molar-refractivity contribution is 0.454. The van der Waals surface area contributed by atoms with Crippen molar-refractivity contribution in [2.24, 2.45) is 0 Å². The molecule has 0 unspecified atom stereocenters. The van der Waals surface area contributed by atoms with E-state index in [0.29, 0.717) is 29.8 Å². The van der Waals surface area contributed by atoms with E-state index in [-0.39, 0.29) is 5.82 Å². The molecule has 5 heteroatoms. The number of rotatable bonds is 5. The van der Waals surface area contributed by atoms with Gasteiger partial charge >= 0.3 is 0 Å². The van der Waals surface area contributed by atoms with E-state index in [1.54, 1.807) is 31.5 Å². The summed E-state index contributed by atoms with van der Waals surface area (Å²) in [5, 5.41) is 3.37. The van der Waals surface area contributed by atoms with Crippen LogP contribution in [0.3, 0.4) is 0 Å². The van der Waals surface area contributed by atoms with Crippen LogP contribution in [0, 0.1) is 12.7 Å². The van der Waals surface area contributed by atoms with Crippen molar-refractivity contribution in [2.75, 3.05) is 0 Å². The summed E-state index contributed by atoms with van der Waals surface area (Å²) in [6, 6.07) is 5.24. The minimum atomic E-state index is -0.245. The third-order valence-corrected chi connectivity index (χ3v) is 3.16. The van der Waals surface area contributed by atoms with Gasteiger partial charge in [0, 0.05) is 18.8 Å². The van der Waals surface area contributed by atoms with Gasteiger partial charge in [0.05, 0.1) is 11.9 Å². The standard InChI is InChI=1S/C15H16FN3O/c1-10-6-13(4-5-14(10)16)20-15-9-17-7-12(19-15)8-18-11-2-3-11/h4-7,9,11,18H,2-3,8H2,1H3. The lowest BCUT2D eigenvalue weighted by Crippen LogP contribution is -2.16. The van der Waals surface area contributed by atoms with Gasteiger partial charge in [-0.25, -0.2) is 9.37 Å². The monoisotopic (exact) mass is 273 g/mol. The highest BCUT2D eigenvalue weighted by molar-refractivity contribution is 5.31. The molecule has 1 heterocycles. The molecule has 3 rings (SSSR count). The zero-order chi connectivity index (χ0) is 13.9. The van der Waals surface area contributed by atoms with Crippen molar-refractivity contribution in [1.29, 1.82) is 0 Å². The van der Waals surface area contributed by atoms with E-state index >= 15 is 0 Å². The number of ether oxygens (including phenoxy) is 1. The van der Waals surface area contributed by atoms with Gasteiger partial charge in [-0.15, -0.1) is 0 Å². The minimum Gasteiger partial charge on any atom is -0.437 e. The Balaban J connectivity index is 1.69. The molecule has 1 aliphatic carbocycles. The van der Waals surface area contributed by atoms with E-state index in [1.165, 1.54) is 18.9 Å². The summed E-state index contributed by atoms with van der Waals surface area (Å²) in [4.78, 5) is 8.50. The fourth-order valence-corrected chi connectivity index (χ4v) is 1.86. The number of aryl methyl sites for hydroxylation is 1. The van der Waals surface area contributed by atoms with Gasteiger partial charge in [0.2, 0.25) is 5.88 Å². The number of hydrogen-bond acceptors (Lipinski definition) is 4. The first-order chi connectivity index (χ1) is 9.70. The topological polar surface area (TPSA) is 47.0 Å². The molecule has 0 atom stereocenters. The number of nitrogens with one attached hydrogen (secondary N) is 1. The van der Waals surface area contributed by atoms with Crippen LogP contribution in [-0.2, 0) is 6.54 Å². The SMILES string of the molecule is Cc1cc(Oc2cncc(CNC3CC3)n2)ccc1F. The highest BCUT2D eigenvalue weighted by atomic mass is 19.1. The van der Waals surface area contributed by atoms with Crippen LogP contribution in [0.5, 0.6) is 11.6 Å². The number of benzene rings is 1. The summed E-state index contributed by atoms with van der Waals surface area (Å²) in [6.07, 6.45) is 5.74. The molecule has 0 aliphatic heterocycles. The maximum Gasteiger partial charge on any atom is 0.238 e. The molecule has 0 saturated heterocycles. The molecule has 1 saturated carbocycles. The van der Waals surface area contributed by atoms with Gasteiger partial charge in [-0.2, -0.15) is 0 Å². The Morgan fingerprint density at radius 2 is 2.20 bits per heavy atom. The van der Waals surface area contributed by atoms with Crippen LogP contribution in [0.4, 0.5) is 4.39 Å². The zero-order valence-electron chi connectivity index (χ0n) is 11.3. The van der Waals surface area contributed by atoms with Gasteiger partial charge in [0.25, 0.3) is 0 Å².